The van der Waals surface area contributed by atoms with E-state index >= 15 is 0 Å². The van der Waals surface area contributed by atoms with Gasteiger partial charge in [-0.3, -0.25) is 0 Å². The molecule has 0 aliphatic carbocycles. The van der Waals surface area contributed by atoms with Crippen molar-refractivity contribution in [2.45, 2.75) is 33.1 Å². The lowest BCUT2D eigenvalue weighted by Gasteiger charge is -2.17. The van der Waals surface area contributed by atoms with Crippen LogP contribution in [0.4, 0.5) is 0 Å². The first-order valence-electron chi connectivity index (χ1n) is 3.67. The van der Waals surface area contributed by atoms with E-state index in [0.717, 1.165) is 5.02 Å². The number of halogens is 1. The molecule has 1 rings (SSSR count). The first kappa shape index (κ1) is 9.08. The van der Waals surface area contributed by atoms with Crippen LogP contribution in [0.3, 0.4) is 0 Å². The summed E-state index contributed by atoms with van der Waals surface area (Å²) in [6.45, 7) is 8.71. The van der Waals surface area contributed by atoms with Gasteiger partial charge in [0.25, 0.3) is 0 Å². The molecule has 62 valence electrons. The molecule has 0 bridgehead atoms. The largest absolute Gasteiger partial charge is 0.146 e. The molecule has 0 nitrogen and oxygen atoms in total. The number of hydrogen-bond acceptors (Lipinski definition) is 1. The lowest BCUT2D eigenvalue weighted by Crippen LogP contribution is -2.09. The first-order chi connectivity index (χ1) is 4.93. The second kappa shape index (κ2) is 2.80. The van der Waals surface area contributed by atoms with Gasteiger partial charge in [-0.25, -0.2) is 0 Å². The molecular weight excluding hydrogens is 176 g/mol. The van der Waals surface area contributed by atoms with Crippen molar-refractivity contribution in [3.63, 3.8) is 0 Å². The van der Waals surface area contributed by atoms with Gasteiger partial charge >= 0.3 is 0 Å². The molecule has 0 aromatic carbocycles. The molecule has 0 saturated heterocycles. The summed E-state index contributed by atoms with van der Waals surface area (Å²) < 4.78 is 0. The second-order valence-electron chi connectivity index (χ2n) is 3.79. The highest BCUT2D eigenvalue weighted by atomic mass is 35.5. The molecule has 1 aromatic heterocycles. The van der Waals surface area contributed by atoms with Gasteiger partial charge in [0.1, 0.15) is 0 Å². The van der Waals surface area contributed by atoms with Crippen molar-refractivity contribution in [1.29, 1.82) is 0 Å². The van der Waals surface area contributed by atoms with Gasteiger partial charge < -0.3 is 0 Å². The Labute approximate surface area is 77.2 Å². The van der Waals surface area contributed by atoms with Crippen molar-refractivity contribution >= 4 is 22.9 Å². The van der Waals surface area contributed by atoms with Crippen LogP contribution in [0.2, 0.25) is 5.02 Å². The summed E-state index contributed by atoms with van der Waals surface area (Å²) in [5.74, 6) is 0. The normalized spacial score (nSPS) is 12.1. The second-order valence-corrected chi connectivity index (χ2v) is 5.07. The molecule has 2 heteroatoms. The fourth-order valence-electron chi connectivity index (χ4n) is 1.14. The number of rotatable bonds is 0. The first-order valence-corrected chi connectivity index (χ1v) is 4.93. The van der Waals surface area contributed by atoms with E-state index in [-0.39, 0.29) is 5.41 Å². The van der Waals surface area contributed by atoms with Crippen molar-refractivity contribution in [3.05, 3.63) is 20.8 Å². The Kier molecular flexibility index (Phi) is 2.31. The van der Waals surface area contributed by atoms with Crippen LogP contribution in [0.15, 0.2) is 5.38 Å². The lowest BCUT2D eigenvalue weighted by molar-refractivity contribution is 0.600. The van der Waals surface area contributed by atoms with Gasteiger partial charge in [-0.1, -0.05) is 32.4 Å². The summed E-state index contributed by atoms with van der Waals surface area (Å²) in [7, 11) is 0. The highest BCUT2D eigenvalue weighted by molar-refractivity contribution is 7.10. The molecule has 1 aromatic rings. The van der Waals surface area contributed by atoms with E-state index in [1.54, 1.807) is 11.3 Å². The van der Waals surface area contributed by atoms with E-state index in [2.05, 4.69) is 27.7 Å². The SMILES string of the molecule is Cc1c(Cl)csc1C(C)(C)C. The van der Waals surface area contributed by atoms with Crippen LogP contribution in [0.5, 0.6) is 0 Å². The van der Waals surface area contributed by atoms with Crippen LogP contribution >= 0.6 is 22.9 Å². The van der Waals surface area contributed by atoms with Crippen LogP contribution < -0.4 is 0 Å². The molecule has 1 heterocycles. The van der Waals surface area contributed by atoms with Crippen molar-refractivity contribution < 1.29 is 0 Å². The van der Waals surface area contributed by atoms with E-state index in [1.165, 1.54) is 10.4 Å². The minimum Gasteiger partial charge on any atom is -0.146 e. The van der Waals surface area contributed by atoms with Gasteiger partial charge in [-0.15, -0.1) is 11.3 Å². The summed E-state index contributed by atoms with van der Waals surface area (Å²) in [5, 5.41) is 2.91. The minimum absolute atomic E-state index is 0.238. The molecule has 0 aliphatic heterocycles. The quantitative estimate of drug-likeness (QED) is 0.577. The van der Waals surface area contributed by atoms with Gasteiger partial charge in [0.05, 0.1) is 5.02 Å². The van der Waals surface area contributed by atoms with Crippen molar-refractivity contribution in [1.82, 2.24) is 0 Å². The fraction of sp³-hybridized carbons (Fsp3) is 0.556. The molecular formula is C9H13ClS. The summed E-state index contributed by atoms with van der Waals surface area (Å²) in [4.78, 5) is 1.39. The maximum atomic E-state index is 5.95. The summed E-state index contributed by atoms with van der Waals surface area (Å²) >= 11 is 7.70. The van der Waals surface area contributed by atoms with E-state index in [9.17, 15) is 0 Å². The maximum absolute atomic E-state index is 5.95. The smallest absolute Gasteiger partial charge is 0.0545 e. The van der Waals surface area contributed by atoms with E-state index < -0.39 is 0 Å². The predicted octanol–water partition coefficient (Wildman–Crippen LogP) is 4.01. The lowest BCUT2D eigenvalue weighted by atomic mass is 9.92. The Morgan fingerprint density at radius 2 is 1.91 bits per heavy atom. The van der Waals surface area contributed by atoms with Crippen LogP contribution in [0.1, 0.15) is 31.2 Å². The zero-order chi connectivity index (χ0) is 8.65. The molecule has 0 saturated carbocycles. The summed E-state index contributed by atoms with van der Waals surface area (Å²) in [6.07, 6.45) is 0. The third-order valence-corrected chi connectivity index (χ3v) is 3.69. The zero-order valence-electron chi connectivity index (χ0n) is 7.36. The third-order valence-electron chi connectivity index (χ3n) is 1.66. The molecule has 0 atom stereocenters. The van der Waals surface area contributed by atoms with Crippen LogP contribution in [-0.2, 0) is 5.41 Å². The Bertz CT molecular complexity index is 255. The Morgan fingerprint density at radius 1 is 1.36 bits per heavy atom. The molecule has 0 spiro atoms. The van der Waals surface area contributed by atoms with E-state index in [0.29, 0.717) is 0 Å². The van der Waals surface area contributed by atoms with Crippen LogP contribution in [0.25, 0.3) is 0 Å². The average molecular weight is 189 g/mol. The van der Waals surface area contributed by atoms with Crippen LogP contribution in [0, 0.1) is 6.92 Å². The molecule has 11 heavy (non-hydrogen) atoms. The highest BCUT2D eigenvalue weighted by Gasteiger charge is 2.19. The minimum atomic E-state index is 0.238. The molecule has 0 aliphatic rings. The monoisotopic (exact) mass is 188 g/mol. The molecule has 0 fully saturated rings. The topological polar surface area (TPSA) is 0 Å². The van der Waals surface area contributed by atoms with Crippen molar-refractivity contribution in [2.24, 2.45) is 0 Å². The highest BCUT2D eigenvalue weighted by Crippen LogP contribution is 2.35. The third kappa shape index (κ3) is 1.77. The van der Waals surface area contributed by atoms with Gasteiger partial charge in [0, 0.05) is 10.3 Å². The van der Waals surface area contributed by atoms with E-state index in [4.69, 9.17) is 11.6 Å². The van der Waals surface area contributed by atoms with Gasteiger partial charge in [-0.05, 0) is 17.9 Å². The number of thiophene rings is 1. The standard InChI is InChI=1S/C9H13ClS/c1-6-7(10)5-11-8(6)9(2,3)4/h5H,1-4H3. The summed E-state index contributed by atoms with van der Waals surface area (Å²) in [5.41, 5.74) is 1.48. The maximum Gasteiger partial charge on any atom is 0.0545 e. The molecule has 0 amide bonds. The number of hydrogen-bond donors (Lipinski definition) is 0. The van der Waals surface area contributed by atoms with Crippen molar-refractivity contribution in [3.8, 4) is 0 Å². The summed E-state index contributed by atoms with van der Waals surface area (Å²) in [6, 6.07) is 0. The van der Waals surface area contributed by atoms with E-state index in [1.807, 2.05) is 5.38 Å². The fourth-order valence-corrected chi connectivity index (χ4v) is 2.46. The molecule has 0 radical (unpaired) electrons. The average Bonchev–Trinajstić information content (AvgIpc) is 2.11. The van der Waals surface area contributed by atoms with Gasteiger partial charge in [-0.2, -0.15) is 0 Å². The van der Waals surface area contributed by atoms with Gasteiger partial charge in [0.15, 0.2) is 0 Å². The Hall–Kier alpha value is -0.0100. The van der Waals surface area contributed by atoms with Crippen molar-refractivity contribution in [2.75, 3.05) is 0 Å². The Morgan fingerprint density at radius 3 is 2.09 bits per heavy atom. The predicted molar refractivity (Wildman–Crippen MR) is 52.8 cm³/mol. The zero-order valence-corrected chi connectivity index (χ0v) is 8.94. The molecule has 0 unspecified atom stereocenters. The van der Waals surface area contributed by atoms with Crippen LogP contribution in [-0.4, -0.2) is 0 Å². The van der Waals surface area contributed by atoms with Gasteiger partial charge in [0.2, 0.25) is 0 Å². The Balaban J connectivity index is 3.15. The molecule has 0 N–H and O–H groups in total.